The molecule has 1 amide bonds. The number of amides is 1. The molecule has 1 aliphatic rings. The van der Waals surface area contributed by atoms with Gasteiger partial charge in [-0.15, -0.1) is 0 Å². The van der Waals surface area contributed by atoms with E-state index in [9.17, 15) is 4.79 Å². The van der Waals surface area contributed by atoms with Crippen molar-refractivity contribution in [3.05, 3.63) is 0 Å². The van der Waals surface area contributed by atoms with Gasteiger partial charge in [-0.1, -0.05) is 13.8 Å². The van der Waals surface area contributed by atoms with Crippen molar-refractivity contribution in [2.45, 2.75) is 26.3 Å². The largest absolute Gasteiger partial charge is 0.378 e. The first-order valence-corrected chi connectivity index (χ1v) is 6.56. The van der Waals surface area contributed by atoms with E-state index in [0.717, 1.165) is 39.3 Å². The number of carbonyl (C=O) groups excluding carboxylic acids is 1. The molecule has 1 aliphatic heterocycles. The van der Waals surface area contributed by atoms with Crippen molar-refractivity contribution in [3.8, 4) is 0 Å². The Bertz CT molecular complexity index is 214. The lowest BCUT2D eigenvalue weighted by Crippen LogP contribution is -2.45. The molecule has 0 aromatic heterocycles. The zero-order valence-corrected chi connectivity index (χ0v) is 11.0. The summed E-state index contributed by atoms with van der Waals surface area (Å²) in [6, 6.07) is 0.178. The van der Waals surface area contributed by atoms with Crippen molar-refractivity contribution in [1.82, 2.24) is 15.5 Å². The first kappa shape index (κ1) is 14.4. The maximum Gasteiger partial charge on any atom is 0.221 e. The number of likely N-dealkylation sites (N-methyl/N-ethyl adjacent to an activating group) is 1. The van der Waals surface area contributed by atoms with E-state index in [2.05, 4.69) is 29.4 Å². The van der Waals surface area contributed by atoms with Gasteiger partial charge in [-0.05, 0) is 13.1 Å². The Labute approximate surface area is 104 Å². The highest BCUT2D eigenvalue weighted by Crippen LogP contribution is 1.97. The van der Waals surface area contributed by atoms with E-state index in [1.165, 1.54) is 0 Å². The van der Waals surface area contributed by atoms with Gasteiger partial charge in [-0.3, -0.25) is 4.79 Å². The summed E-state index contributed by atoms with van der Waals surface area (Å²) in [5.74, 6) is 0.111. The first-order chi connectivity index (χ1) is 8.26. The van der Waals surface area contributed by atoms with Crippen LogP contribution in [0.1, 0.15) is 20.3 Å². The van der Waals surface area contributed by atoms with E-state index >= 15 is 0 Å². The summed E-state index contributed by atoms with van der Waals surface area (Å²) in [5, 5.41) is 6.23. The lowest BCUT2D eigenvalue weighted by molar-refractivity contribution is -0.122. The van der Waals surface area contributed by atoms with Crippen LogP contribution in [0.25, 0.3) is 0 Å². The molecule has 1 rings (SSSR count). The molecular formula is C12H25N3O2. The summed E-state index contributed by atoms with van der Waals surface area (Å²) in [5.41, 5.74) is 0. The highest BCUT2D eigenvalue weighted by atomic mass is 16.5. The van der Waals surface area contributed by atoms with Crippen LogP contribution in [0.3, 0.4) is 0 Å². The fraction of sp³-hybridized carbons (Fsp3) is 0.917. The van der Waals surface area contributed by atoms with Crippen LogP contribution in [0.4, 0.5) is 0 Å². The third-order valence-corrected chi connectivity index (χ3v) is 3.07. The van der Waals surface area contributed by atoms with E-state index in [4.69, 9.17) is 4.74 Å². The molecule has 1 atom stereocenters. The minimum Gasteiger partial charge on any atom is -0.378 e. The zero-order valence-electron chi connectivity index (χ0n) is 11.0. The molecule has 0 aromatic rings. The van der Waals surface area contributed by atoms with E-state index in [1.807, 2.05) is 0 Å². The Kier molecular flexibility index (Phi) is 7.16. The lowest BCUT2D eigenvalue weighted by atomic mass is 10.2. The number of rotatable bonds is 7. The second kappa shape index (κ2) is 8.44. The van der Waals surface area contributed by atoms with Crippen molar-refractivity contribution >= 4 is 5.91 Å². The molecule has 0 radical (unpaired) electrons. The summed E-state index contributed by atoms with van der Waals surface area (Å²) >= 11 is 0. The van der Waals surface area contributed by atoms with Crippen molar-refractivity contribution in [2.24, 2.45) is 0 Å². The van der Waals surface area contributed by atoms with Gasteiger partial charge >= 0.3 is 0 Å². The summed E-state index contributed by atoms with van der Waals surface area (Å²) in [4.78, 5) is 13.9. The average Bonchev–Trinajstić information content (AvgIpc) is 2.36. The fourth-order valence-corrected chi connectivity index (χ4v) is 1.94. The number of hydrogen-bond acceptors (Lipinski definition) is 4. The second-order valence-electron chi connectivity index (χ2n) is 4.31. The summed E-state index contributed by atoms with van der Waals surface area (Å²) in [6.07, 6.45) is 0.512. The molecule has 5 nitrogen and oxygen atoms in total. The molecule has 0 aromatic carbocycles. The van der Waals surface area contributed by atoms with Gasteiger partial charge in [0.15, 0.2) is 0 Å². The van der Waals surface area contributed by atoms with Gasteiger partial charge in [0.1, 0.15) is 0 Å². The number of ether oxygens (including phenoxy) is 1. The van der Waals surface area contributed by atoms with Gasteiger partial charge in [-0.25, -0.2) is 0 Å². The highest BCUT2D eigenvalue weighted by molar-refractivity contribution is 5.76. The van der Waals surface area contributed by atoms with Crippen LogP contribution in [0.5, 0.6) is 0 Å². The van der Waals surface area contributed by atoms with Gasteiger partial charge in [0.2, 0.25) is 5.91 Å². The van der Waals surface area contributed by atoms with Gasteiger partial charge in [0, 0.05) is 32.1 Å². The molecule has 2 N–H and O–H groups in total. The summed E-state index contributed by atoms with van der Waals surface area (Å²) < 4.78 is 5.31. The Balaban J connectivity index is 2.07. The second-order valence-corrected chi connectivity index (χ2v) is 4.31. The van der Waals surface area contributed by atoms with E-state index in [0.29, 0.717) is 13.0 Å². The molecule has 1 fully saturated rings. The minimum absolute atomic E-state index is 0.111. The van der Waals surface area contributed by atoms with Crippen LogP contribution >= 0.6 is 0 Å². The Morgan fingerprint density at radius 2 is 2.24 bits per heavy atom. The molecule has 0 aliphatic carbocycles. The Morgan fingerprint density at radius 3 is 2.82 bits per heavy atom. The number of nitrogens with zero attached hydrogens (tertiary/aromatic N) is 1. The topological polar surface area (TPSA) is 53.6 Å². The van der Waals surface area contributed by atoms with Crippen LogP contribution in [0.15, 0.2) is 0 Å². The molecule has 0 saturated carbocycles. The van der Waals surface area contributed by atoms with Crippen LogP contribution < -0.4 is 10.6 Å². The van der Waals surface area contributed by atoms with Crippen molar-refractivity contribution < 1.29 is 9.53 Å². The van der Waals surface area contributed by atoms with Crippen LogP contribution in [0, 0.1) is 0 Å². The van der Waals surface area contributed by atoms with Crippen molar-refractivity contribution in [1.29, 1.82) is 0 Å². The number of carbonyl (C=O) groups is 1. The SMILES string of the molecule is CCN(CC)CCNC(=O)CC1COCCN1. The Morgan fingerprint density at radius 1 is 1.47 bits per heavy atom. The molecule has 0 bridgehead atoms. The van der Waals surface area contributed by atoms with Crippen LogP contribution in [-0.2, 0) is 9.53 Å². The van der Waals surface area contributed by atoms with Gasteiger partial charge in [-0.2, -0.15) is 0 Å². The first-order valence-electron chi connectivity index (χ1n) is 6.56. The highest BCUT2D eigenvalue weighted by Gasteiger charge is 2.16. The lowest BCUT2D eigenvalue weighted by Gasteiger charge is -2.23. The monoisotopic (exact) mass is 243 g/mol. The molecule has 17 heavy (non-hydrogen) atoms. The Hall–Kier alpha value is -0.650. The maximum absolute atomic E-state index is 11.6. The smallest absolute Gasteiger partial charge is 0.221 e. The fourth-order valence-electron chi connectivity index (χ4n) is 1.94. The average molecular weight is 243 g/mol. The predicted molar refractivity (Wildman–Crippen MR) is 68.0 cm³/mol. The third-order valence-electron chi connectivity index (χ3n) is 3.07. The van der Waals surface area contributed by atoms with E-state index in [1.54, 1.807) is 0 Å². The van der Waals surface area contributed by atoms with Gasteiger partial charge in [0.05, 0.1) is 13.2 Å². The standard InChI is InChI=1S/C12H25N3O2/c1-3-15(4-2)7-5-14-12(16)9-11-10-17-8-6-13-11/h11,13H,3-10H2,1-2H3,(H,14,16). The van der Waals surface area contributed by atoms with E-state index in [-0.39, 0.29) is 11.9 Å². The van der Waals surface area contributed by atoms with E-state index < -0.39 is 0 Å². The number of morpholine rings is 1. The molecule has 0 spiro atoms. The summed E-state index contributed by atoms with van der Waals surface area (Å²) in [6.45, 7) is 10.2. The molecule has 1 heterocycles. The quantitative estimate of drug-likeness (QED) is 0.651. The molecule has 1 unspecified atom stereocenters. The molecular weight excluding hydrogens is 218 g/mol. The van der Waals surface area contributed by atoms with Crippen LogP contribution in [0.2, 0.25) is 0 Å². The van der Waals surface area contributed by atoms with Gasteiger partial charge < -0.3 is 20.3 Å². The van der Waals surface area contributed by atoms with Gasteiger partial charge in [0.25, 0.3) is 0 Å². The molecule has 5 heteroatoms. The minimum atomic E-state index is 0.111. The maximum atomic E-state index is 11.6. The van der Waals surface area contributed by atoms with Crippen molar-refractivity contribution in [3.63, 3.8) is 0 Å². The zero-order chi connectivity index (χ0) is 12.5. The normalized spacial score (nSPS) is 20.5. The molecule has 1 saturated heterocycles. The third kappa shape index (κ3) is 6.00. The predicted octanol–water partition coefficient (Wildman–Crippen LogP) is -0.177. The number of hydrogen-bond donors (Lipinski definition) is 2. The van der Waals surface area contributed by atoms with Crippen molar-refractivity contribution in [2.75, 3.05) is 45.9 Å². The molecule has 100 valence electrons. The number of nitrogens with one attached hydrogen (secondary N) is 2. The summed E-state index contributed by atoms with van der Waals surface area (Å²) in [7, 11) is 0. The van der Waals surface area contributed by atoms with Crippen LogP contribution in [-0.4, -0.2) is 62.8 Å².